The van der Waals surface area contributed by atoms with Crippen molar-refractivity contribution >= 4 is 0 Å². The number of hydrogen-bond donors (Lipinski definition) is 1. The Hall–Kier alpha value is -0.930. The van der Waals surface area contributed by atoms with Crippen molar-refractivity contribution in [2.75, 3.05) is 26.2 Å². The highest BCUT2D eigenvalue weighted by molar-refractivity contribution is 5.25. The van der Waals surface area contributed by atoms with Gasteiger partial charge in [-0.3, -0.25) is 4.98 Å². The molecule has 0 saturated heterocycles. The number of nitrogens with one attached hydrogen (secondary N) is 1. The molecule has 1 aromatic heterocycles. The molecular weight excluding hydrogens is 234 g/mol. The maximum atomic E-state index is 4.58. The maximum absolute atomic E-state index is 4.58. The summed E-state index contributed by atoms with van der Waals surface area (Å²) < 4.78 is 0. The molecule has 0 radical (unpaired) electrons. The normalized spacial score (nSPS) is 18.6. The zero-order valence-corrected chi connectivity index (χ0v) is 12.4. The molecule has 3 heteroatoms. The largest absolute Gasteiger partial charge is 0.307 e. The Balaban J connectivity index is 1.84. The third kappa shape index (κ3) is 4.02. The van der Waals surface area contributed by atoms with Gasteiger partial charge < -0.3 is 10.2 Å². The molecule has 1 heterocycles. The Bertz CT molecular complexity index is 378. The van der Waals surface area contributed by atoms with E-state index in [-0.39, 0.29) is 0 Å². The van der Waals surface area contributed by atoms with E-state index in [2.05, 4.69) is 41.2 Å². The van der Waals surface area contributed by atoms with Crippen molar-refractivity contribution in [3.63, 3.8) is 0 Å². The summed E-state index contributed by atoms with van der Waals surface area (Å²) in [6, 6.07) is 4.75. The van der Waals surface area contributed by atoms with Gasteiger partial charge in [-0.15, -0.1) is 0 Å². The molecule has 106 valence electrons. The van der Waals surface area contributed by atoms with Gasteiger partial charge in [0.2, 0.25) is 0 Å². The SMILES string of the molecule is CCCN(CC)CCNC1CCCc2cccnc21. The van der Waals surface area contributed by atoms with Gasteiger partial charge in [0.15, 0.2) is 0 Å². The molecule has 0 spiro atoms. The minimum Gasteiger partial charge on any atom is -0.307 e. The lowest BCUT2D eigenvalue weighted by atomic mass is 9.92. The van der Waals surface area contributed by atoms with Crippen molar-refractivity contribution < 1.29 is 0 Å². The van der Waals surface area contributed by atoms with Crippen LogP contribution in [0.5, 0.6) is 0 Å². The Morgan fingerprint density at radius 2 is 2.26 bits per heavy atom. The van der Waals surface area contributed by atoms with Gasteiger partial charge >= 0.3 is 0 Å². The Kier molecular flexibility index (Phi) is 5.80. The van der Waals surface area contributed by atoms with Crippen LogP contribution in [-0.2, 0) is 6.42 Å². The first-order valence-corrected chi connectivity index (χ1v) is 7.74. The molecule has 1 unspecified atom stereocenters. The monoisotopic (exact) mass is 261 g/mol. The molecule has 1 aromatic rings. The van der Waals surface area contributed by atoms with E-state index in [1.54, 1.807) is 0 Å². The maximum Gasteiger partial charge on any atom is 0.0605 e. The molecule has 0 amide bonds. The van der Waals surface area contributed by atoms with Crippen LogP contribution in [0.3, 0.4) is 0 Å². The summed E-state index contributed by atoms with van der Waals surface area (Å²) in [5.74, 6) is 0. The highest BCUT2D eigenvalue weighted by Gasteiger charge is 2.20. The van der Waals surface area contributed by atoms with Crippen LogP contribution in [0, 0.1) is 0 Å². The van der Waals surface area contributed by atoms with Crippen LogP contribution in [0.15, 0.2) is 18.3 Å². The van der Waals surface area contributed by atoms with Crippen molar-refractivity contribution in [2.24, 2.45) is 0 Å². The first-order chi connectivity index (χ1) is 9.35. The highest BCUT2D eigenvalue weighted by atomic mass is 15.1. The fraction of sp³-hybridized carbons (Fsp3) is 0.688. The average molecular weight is 261 g/mol. The lowest BCUT2D eigenvalue weighted by Crippen LogP contribution is -2.35. The quantitative estimate of drug-likeness (QED) is 0.818. The second-order valence-electron chi connectivity index (χ2n) is 5.38. The smallest absolute Gasteiger partial charge is 0.0605 e. The van der Waals surface area contributed by atoms with E-state index in [4.69, 9.17) is 0 Å². The third-order valence-corrected chi connectivity index (χ3v) is 4.00. The van der Waals surface area contributed by atoms with Gasteiger partial charge in [-0.2, -0.15) is 0 Å². The molecule has 3 nitrogen and oxygen atoms in total. The molecule has 1 aliphatic carbocycles. The topological polar surface area (TPSA) is 28.2 Å². The van der Waals surface area contributed by atoms with Gasteiger partial charge in [0.25, 0.3) is 0 Å². The van der Waals surface area contributed by atoms with Gasteiger partial charge in [-0.1, -0.05) is 19.9 Å². The molecule has 0 saturated carbocycles. The standard InChI is InChI=1S/C16H27N3/c1-3-12-19(4-2)13-11-17-15-9-5-7-14-8-6-10-18-16(14)15/h6,8,10,15,17H,3-5,7,9,11-13H2,1-2H3. The number of rotatable bonds is 7. The Morgan fingerprint density at radius 1 is 1.37 bits per heavy atom. The minimum atomic E-state index is 0.463. The lowest BCUT2D eigenvalue weighted by molar-refractivity contribution is 0.279. The number of hydrogen-bond acceptors (Lipinski definition) is 3. The molecule has 1 N–H and O–H groups in total. The van der Waals surface area contributed by atoms with E-state index >= 15 is 0 Å². The second kappa shape index (κ2) is 7.61. The van der Waals surface area contributed by atoms with Crippen LogP contribution in [0.4, 0.5) is 0 Å². The number of aryl methyl sites for hydroxylation is 1. The molecule has 0 fully saturated rings. The van der Waals surface area contributed by atoms with Gasteiger partial charge in [0.1, 0.15) is 0 Å². The Morgan fingerprint density at radius 3 is 3.05 bits per heavy atom. The molecule has 0 aromatic carbocycles. The van der Waals surface area contributed by atoms with Crippen molar-refractivity contribution in [3.05, 3.63) is 29.6 Å². The van der Waals surface area contributed by atoms with Gasteiger partial charge in [-0.25, -0.2) is 0 Å². The first kappa shape index (κ1) is 14.5. The highest BCUT2D eigenvalue weighted by Crippen LogP contribution is 2.27. The summed E-state index contributed by atoms with van der Waals surface area (Å²) in [7, 11) is 0. The van der Waals surface area contributed by atoms with E-state index in [1.807, 2.05) is 6.20 Å². The lowest BCUT2D eigenvalue weighted by Gasteiger charge is -2.27. The number of fused-ring (bicyclic) bond motifs is 1. The van der Waals surface area contributed by atoms with Crippen molar-refractivity contribution in [3.8, 4) is 0 Å². The Labute approximate surface area is 117 Å². The number of likely N-dealkylation sites (N-methyl/N-ethyl adjacent to an activating group) is 1. The average Bonchev–Trinajstić information content (AvgIpc) is 2.46. The summed E-state index contributed by atoms with van der Waals surface area (Å²) in [5, 5.41) is 3.70. The zero-order valence-electron chi connectivity index (χ0n) is 12.4. The van der Waals surface area contributed by atoms with E-state index in [0.717, 1.165) is 19.6 Å². The molecule has 0 bridgehead atoms. The van der Waals surface area contributed by atoms with Crippen LogP contribution < -0.4 is 5.32 Å². The predicted molar refractivity (Wildman–Crippen MR) is 80.3 cm³/mol. The second-order valence-corrected chi connectivity index (χ2v) is 5.38. The number of nitrogens with zero attached hydrogens (tertiary/aromatic N) is 2. The van der Waals surface area contributed by atoms with Crippen molar-refractivity contribution in [2.45, 2.75) is 45.6 Å². The van der Waals surface area contributed by atoms with E-state index in [0.29, 0.717) is 6.04 Å². The molecule has 19 heavy (non-hydrogen) atoms. The molecule has 2 rings (SSSR count). The minimum absolute atomic E-state index is 0.463. The summed E-state index contributed by atoms with van der Waals surface area (Å²) in [4.78, 5) is 7.09. The van der Waals surface area contributed by atoms with E-state index in [9.17, 15) is 0 Å². The molecule has 1 aliphatic rings. The first-order valence-electron chi connectivity index (χ1n) is 7.74. The van der Waals surface area contributed by atoms with E-state index < -0.39 is 0 Å². The summed E-state index contributed by atoms with van der Waals surface area (Å²) in [6.07, 6.45) is 6.86. The van der Waals surface area contributed by atoms with Crippen LogP contribution in [0.1, 0.15) is 50.4 Å². The molecule has 1 atom stereocenters. The third-order valence-electron chi connectivity index (χ3n) is 4.00. The summed E-state index contributed by atoms with van der Waals surface area (Å²) in [6.45, 7) is 9.05. The summed E-state index contributed by atoms with van der Waals surface area (Å²) in [5.41, 5.74) is 2.72. The van der Waals surface area contributed by atoms with Crippen molar-refractivity contribution in [1.29, 1.82) is 0 Å². The van der Waals surface area contributed by atoms with Gasteiger partial charge in [-0.05, 0) is 50.4 Å². The zero-order chi connectivity index (χ0) is 13.5. The van der Waals surface area contributed by atoms with Gasteiger partial charge in [0, 0.05) is 25.3 Å². The molecular formula is C16H27N3. The summed E-state index contributed by atoms with van der Waals surface area (Å²) >= 11 is 0. The molecule has 0 aliphatic heterocycles. The van der Waals surface area contributed by atoms with Crippen LogP contribution in [0.2, 0.25) is 0 Å². The van der Waals surface area contributed by atoms with Gasteiger partial charge in [0.05, 0.1) is 5.69 Å². The number of aromatic nitrogens is 1. The fourth-order valence-corrected chi connectivity index (χ4v) is 2.95. The van der Waals surface area contributed by atoms with Crippen LogP contribution >= 0.6 is 0 Å². The van der Waals surface area contributed by atoms with E-state index in [1.165, 1.54) is 43.5 Å². The predicted octanol–water partition coefficient (Wildman–Crippen LogP) is 2.78. The van der Waals surface area contributed by atoms with Crippen molar-refractivity contribution in [1.82, 2.24) is 15.2 Å². The number of pyridine rings is 1. The van der Waals surface area contributed by atoms with Crippen LogP contribution in [-0.4, -0.2) is 36.1 Å². The van der Waals surface area contributed by atoms with Crippen LogP contribution in [0.25, 0.3) is 0 Å². The fourth-order valence-electron chi connectivity index (χ4n) is 2.95.